The average molecular weight is 379 g/mol. The van der Waals surface area contributed by atoms with Crippen LogP contribution in [0.3, 0.4) is 0 Å². The number of ether oxygens (including phenoxy) is 3. The fourth-order valence-electron chi connectivity index (χ4n) is 3.25. The van der Waals surface area contributed by atoms with Crippen molar-refractivity contribution in [2.75, 3.05) is 26.1 Å². The van der Waals surface area contributed by atoms with Gasteiger partial charge < -0.3 is 19.5 Å². The number of methoxy groups -OCH3 is 2. The van der Waals surface area contributed by atoms with E-state index in [1.165, 1.54) is 7.11 Å². The lowest BCUT2D eigenvalue weighted by Crippen LogP contribution is -2.47. The minimum atomic E-state index is -0.924. The second-order valence-electron chi connectivity index (χ2n) is 7.48. The van der Waals surface area contributed by atoms with Crippen LogP contribution in [0.4, 0.5) is 5.69 Å². The molecular formula is C21H33NO5. The van der Waals surface area contributed by atoms with Crippen molar-refractivity contribution in [3.05, 3.63) is 23.8 Å². The van der Waals surface area contributed by atoms with Crippen LogP contribution in [-0.2, 0) is 14.3 Å². The third-order valence-corrected chi connectivity index (χ3v) is 4.23. The lowest BCUT2D eigenvalue weighted by molar-refractivity contribution is -0.142. The SMILES string of the molecule is CCOC(=O)c1cc(NC(=O)C(CC(C)C)(CC(C)C)OC)ccc1OC. The van der Waals surface area contributed by atoms with E-state index in [2.05, 4.69) is 33.0 Å². The molecule has 1 aromatic carbocycles. The van der Waals surface area contributed by atoms with Crippen LogP contribution < -0.4 is 10.1 Å². The highest BCUT2D eigenvalue weighted by Gasteiger charge is 2.39. The number of amides is 1. The topological polar surface area (TPSA) is 73.9 Å². The van der Waals surface area contributed by atoms with Crippen molar-refractivity contribution in [2.45, 2.75) is 53.1 Å². The molecule has 0 bridgehead atoms. The van der Waals surface area contributed by atoms with Crippen LogP contribution in [0.5, 0.6) is 5.75 Å². The van der Waals surface area contributed by atoms with Gasteiger partial charge in [-0.05, 0) is 49.8 Å². The second-order valence-corrected chi connectivity index (χ2v) is 7.48. The lowest BCUT2D eigenvalue weighted by atomic mass is 9.84. The third-order valence-electron chi connectivity index (χ3n) is 4.23. The molecule has 0 aliphatic carbocycles. The van der Waals surface area contributed by atoms with E-state index >= 15 is 0 Å². The minimum Gasteiger partial charge on any atom is -0.496 e. The summed E-state index contributed by atoms with van der Waals surface area (Å²) in [6.07, 6.45) is 1.21. The number of esters is 1. The zero-order chi connectivity index (χ0) is 20.6. The fraction of sp³-hybridized carbons (Fsp3) is 0.619. The van der Waals surface area contributed by atoms with Gasteiger partial charge in [0.1, 0.15) is 16.9 Å². The molecule has 0 spiro atoms. The van der Waals surface area contributed by atoms with E-state index in [9.17, 15) is 9.59 Å². The first-order valence-corrected chi connectivity index (χ1v) is 9.40. The van der Waals surface area contributed by atoms with Gasteiger partial charge in [-0.3, -0.25) is 4.79 Å². The van der Waals surface area contributed by atoms with Crippen LogP contribution in [0.15, 0.2) is 18.2 Å². The van der Waals surface area contributed by atoms with Gasteiger partial charge in [-0.25, -0.2) is 4.79 Å². The Bertz CT molecular complexity index is 629. The molecule has 0 aliphatic heterocycles. The monoisotopic (exact) mass is 379 g/mol. The van der Waals surface area contributed by atoms with Crippen molar-refractivity contribution in [2.24, 2.45) is 11.8 Å². The highest BCUT2D eigenvalue weighted by Crippen LogP contribution is 2.31. The summed E-state index contributed by atoms with van der Waals surface area (Å²) in [6.45, 7) is 10.2. The highest BCUT2D eigenvalue weighted by atomic mass is 16.5. The molecule has 0 heterocycles. The number of rotatable bonds is 10. The molecule has 1 N–H and O–H groups in total. The molecule has 6 heteroatoms. The molecule has 0 atom stereocenters. The van der Waals surface area contributed by atoms with Crippen molar-refractivity contribution in [3.63, 3.8) is 0 Å². The van der Waals surface area contributed by atoms with Crippen molar-refractivity contribution in [1.82, 2.24) is 0 Å². The summed E-state index contributed by atoms with van der Waals surface area (Å²) >= 11 is 0. The molecule has 6 nitrogen and oxygen atoms in total. The van der Waals surface area contributed by atoms with E-state index in [0.717, 1.165) is 0 Å². The van der Waals surface area contributed by atoms with Crippen LogP contribution >= 0.6 is 0 Å². The van der Waals surface area contributed by atoms with E-state index in [1.54, 1.807) is 32.2 Å². The quantitative estimate of drug-likeness (QED) is 0.614. The number of anilines is 1. The molecule has 0 aliphatic rings. The molecule has 1 amide bonds. The van der Waals surface area contributed by atoms with Gasteiger partial charge in [-0.15, -0.1) is 0 Å². The van der Waals surface area contributed by atoms with Gasteiger partial charge in [0.05, 0.1) is 13.7 Å². The van der Waals surface area contributed by atoms with Crippen molar-refractivity contribution in [1.29, 1.82) is 0 Å². The van der Waals surface area contributed by atoms with Gasteiger partial charge >= 0.3 is 5.97 Å². The summed E-state index contributed by atoms with van der Waals surface area (Å²) in [5, 5.41) is 2.91. The van der Waals surface area contributed by atoms with Crippen LogP contribution in [0.2, 0.25) is 0 Å². The number of carbonyl (C=O) groups excluding carboxylic acids is 2. The number of benzene rings is 1. The summed E-state index contributed by atoms with van der Waals surface area (Å²) in [7, 11) is 3.06. The minimum absolute atomic E-state index is 0.215. The summed E-state index contributed by atoms with van der Waals surface area (Å²) in [4.78, 5) is 25.3. The molecular weight excluding hydrogens is 346 g/mol. The summed E-state index contributed by atoms with van der Waals surface area (Å²) in [5.74, 6) is 0.273. The fourth-order valence-corrected chi connectivity index (χ4v) is 3.25. The van der Waals surface area contributed by atoms with E-state index in [0.29, 0.717) is 36.1 Å². The first-order chi connectivity index (χ1) is 12.7. The van der Waals surface area contributed by atoms with Crippen molar-refractivity contribution < 1.29 is 23.8 Å². The van der Waals surface area contributed by atoms with Crippen molar-refractivity contribution >= 4 is 17.6 Å². The molecule has 0 saturated heterocycles. The van der Waals surface area contributed by atoms with Crippen LogP contribution in [0.1, 0.15) is 57.8 Å². The van der Waals surface area contributed by atoms with Crippen molar-refractivity contribution in [3.8, 4) is 5.75 Å². The van der Waals surface area contributed by atoms with Gasteiger partial charge in [0.25, 0.3) is 5.91 Å². The van der Waals surface area contributed by atoms with Crippen LogP contribution in [-0.4, -0.2) is 38.3 Å². The van der Waals surface area contributed by atoms with Gasteiger partial charge in [-0.2, -0.15) is 0 Å². The molecule has 0 aromatic heterocycles. The summed E-state index contributed by atoms with van der Waals surface area (Å²) < 4.78 is 16.0. The molecule has 0 radical (unpaired) electrons. The maximum atomic E-state index is 13.1. The zero-order valence-electron chi connectivity index (χ0n) is 17.5. The van der Waals surface area contributed by atoms with Crippen LogP contribution in [0.25, 0.3) is 0 Å². The van der Waals surface area contributed by atoms with Crippen LogP contribution in [0, 0.1) is 11.8 Å². The number of nitrogens with one attached hydrogen (secondary N) is 1. The average Bonchev–Trinajstić information content (AvgIpc) is 2.60. The Hall–Kier alpha value is -2.08. The third kappa shape index (κ3) is 6.24. The maximum absolute atomic E-state index is 13.1. The van der Waals surface area contributed by atoms with E-state index in [1.807, 2.05) is 0 Å². The highest BCUT2D eigenvalue weighted by molar-refractivity contribution is 5.99. The predicted molar refractivity (Wildman–Crippen MR) is 106 cm³/mol. The molecule has 1 aromatic rings. The standard InChI is InChI=1S/C21H33NO5/c1-8-27-19(23)17-11-16(9-10-18(17)25-6)22-20(24)21(26-7,12-14(2)3)13-15(4)5/h9-11,14-15H,8,12-13H2,1-7H3,(H,22,24). The van der Waals surface area contributed by atoms with Gasteiger partial charge in [0.2, 0.25) is 0 Å². The Balaban J connectivity index is 3.17. The molecule has 27 heavy (non-hydrogen) atoms. The first-order valence-electron chi connectivity index (χ1n) is 9.40. The molecule has 0 fully saturated rings. The normalized spacial score (nSPS) is 11.6. The Morgan fingerprint density at radius 1 is 1.07 bits per heavy atom. The Labute approximate surface area is 162 Å². The Morgan fingerprint density at radius 3 is 2.11 bits per heavy atom. The Kier molecular flexibility index (Phi) is 8.76. The smallest absolute Gasteiger partial charge is 0.341 e. The van der Waals surface area contributed by atoms with Gasteiger partial charge in [0, 0.05) is 12.8 Å². The summed E-state index contributed by atoms with van der Waals surface area (Å²) in [6, 6.07) is 4.91. The van der Waals surface area contributed by atoms with Gasteiger partial charge in [0.15, 0.2) is 0 Å². The van der Waals surface area contributed by atoms with E-state index in [4.69, 9.17) is 14.2 Å². The molecule has 152 valence electrons. The molecule has 0 unspecified atom stereocenters. The second kappa shape index (κ2) is 10.3. The number of hydrogen-bond acceptors (Lipinski definition) is 5. The van der Waals surface area contributed by atoms with E-state index in [-0.39, 0.29) is 18.1 Å². The lowest BCUT2D eigenvalue weighted by Gasteiger charge is -2.34. The summed E-state index contributed by atoms with van der Waals surface area (Å²) in [5.41, 5.74) is -0.155. The predicted octanol–water partition coefficient (Wildman–Crippen LogP) is 4.29. The number of carbonyl (C=O) groups is 2. The molecule has 1 rings (SSSR count). The maximum Gasteiger partial charge on any atom is 0.341 e. The number of hydrogen-bond donors (Lipinski definition) is 1. The Morgan fingerprint density at radius 2 is 1.67 bits per heavy atom. The largest absolute Gasteiger partial charge is 0.496 e. The molecule has 0 saturated carbocycles. The van der Waals surface area contributed by atoms with E-state index < -0.39 is 11.6 Å². The first kappa shape index (κ1) is 23.0. The zero-order valence-corrected chi connectivity index (χ0v) is 17.5. The van der Waals surface area contributed by atoms with Gasteiger partial charge in [-0.1, -0.05) is 27.7 Å².